The van der Waals surface area contributed by atoms with E-state index in [0.717, 1.165) is 18.8 Å². The molecule has 17 heavy (non-hydrogen) atoms. The Hall–Kier alpha value is -2.22. The summed E-state index contributed by atoms with van der Waals surface area (Å²) in [6.07, 6.45) is 0. The van der Waals surface area contributed by atoms with Crippen LogP contribution >= 0.6 is 0 Å². The molecule has 0 aromatic heterocycles. The molecule has 0 atom stereocenters. The highest BCUT2D eigenvalue weighted by Gasteiger charge is 2.14. The minimum Gasteiger partial charge on any atom is -0.378 e. The van der Waals surface area contributed by atoms with Gasteiger partial charge in [0.05, 0.1) is 24.5 Å². The first-order chi connectivity index (χ1) is 8.35. The summed E-state index contributed by atoms with van der Waals surface area (Å²) in [5.74, 6) is 0. The van der Waals surface area contributed by atoms with Gasteiger partial charge in [-0.25, -0.2) is 0 Å². The molecule has 0 spiro atoms. The Morgan fingerprint density at radius 1 is 1.41 bits per heavy atom. The number of nitriles is 1. The average molecular weight is 229 g/mol. The lowest BCUT2D eigenvalue weighted by atomic mass is 10.1. The van der Waals surface area contributed by atoms with E-state index in [1.807, 2.05) is 6.07 Å². The Kier molecular flexibility index (Phi) is 3.46. The number of hydrogen-bond acceptors (Lipinski definition) is 4. The van der Waals surface area contributed by atoms with Gasteiger partial charge in [0.1, 0.15) is 6.07 Å². The van der Waals surface area contributed by atoms with Crippen LogP contribution in [0.15, 0.2) is 23.3 Å². The summed E-state index contributed by atoms with van der Waals surface area (Å²) in [6.45, 7) is 2.89. The summed E-state index contributed by atoms with van der Waals surface area (Å²) in [6, 6.07) is 7.25. The van der Waals surface area contributed by atoms with Crippen LogP contribution in [0.4, 0.5) is 11.4 Å². The van der Waals surface area contributed by atoms with Crippen LogP contribution < -0.4 is 4.90 Å². The van der Waals surface area contributed by atoms with Gasteiger partial charge in [0.25, 0.3) is 0 Å². The van der Waals surface area contributed by atoms with Gasteiger partial charge >= 0.3 is 0 Å². The molecule has 2 rings (SSSR count). The Morgan fingerprint density at radius 3 is 2.82 bits per heavy atom. The Morgan fingerprint density at radius 2 is 2.18 bits per heavy atom. The summed E-state index contributed by atoms with van der Waals surface area (Å²) in [5, 5.41) is 12.6. The first-order valence-electron chi connectivity index (χ1n) is 5.27. The quantitative estimate of drug-likeness (QED) is 0.443. The molecule has 0 aliphatic carbocycles. The second-order valence-corrected chi connectivity index (χ2v) is 3.60. The van der Waals surface area contributed by atoms with Crippen molar-refractivity contribution in [2.75, 3.05) is 31.2 Å². The zero-order valence-electron chi connectivity index (χ0n) is 9.20. The van der Waals surface area contributed by atoms with Crippen LogP contribution in [0.1, 0.15) is 5.56 Å². The Labute approximate surface area is 98.6 Å². The van der Waals surface area contributed by atoms with Crippen molar-refractivity contribution in [3.8, 4) is 6.07 Å². The Balaban J connectivity index is 2.33. The van der Waals surface area contributed by atoms with Crippen molar-refractivity contribution in [3.63, 3.8) is 0 Å². The van der Waals surface area contributed by atoms with E-state index in [2.05, 4.69) is 21.0 Å². The Bertz CT molecular complexity index is 495. The lowest BCUT2D eigenvalue weighted by molar-refractivity contribution is 0.122. The van der Waals surface area contributed by atoms with Gasteiger partial charge in [0, 0.05) is 23.7 Å². The molecule has 1 fully saturated rings. The fourth-order valence-corrected chi connectivity index (χ4v) is 1.81. The number of anilines is 1. The number of rotatable bonds is 2. The van der Waals surface area contributed by atoms with Gasteiger partial charge < -0.3 is 9.64 Å². The maximum atomic E-state index is 9.10. The highest BCUT2D eigenvalue weighted by molar-refractivity contribution is 5.64. The monoisotopic (exact) mass is 229 g/mol. The fourth-order valence-electron chi connectivity index (χ4n) is 1.81. The summed E-state index contributed by atoms with van der Waals surface area (Å²) in [4.78, 5) is 4.80. The predicted molar refractivity (Wildman–Crippen MR) is 63.0 cm³/mol. The minimum absolute atomic E-state index is 0.459. The smallest absolute Gasteiger partial charge is 0.101 e. The largest absolute Gasteiger partial charge is 0.378 e. The molecule has 1 aromatic carbocycles. The maximum absolute atomic E-state index is 9.10. The third-order valence-corrected chi connectivity index (χ3v) is 2.61. The minimum atomic E-state index is 0.459. The highest BCUT2D eigenvalue weighted by atomic mass is 16.5. The number of hydrogen-bond donors (Lipinski definition) is 0. The van der Waals surface area contributed by atoms with Crippen molar-refractivity contribution in [1.82, 2.24) is 0 Å². The molecule has 0 amide bonds. The molecule has 1 saturated heterocycles. The predicted octanol–water partition coefficient (Wildman–Crippen LogP) is 2.34. The van der Waals surface area contributed by atoms with Gasteiger partial charge in [-0.05, 0) is 17.7 Å². The molecular formula is C11H11N5O. The fraction of sp³-hybridized carbons (Fsp3) is 0.364. The second-order valence-electron chi connectivity index (χ2n) is 3.60. The molecule has 0 bridgehead atoms. The van der Waals surface area contributed by atoms with E-state index in [-0.39, 0.29) is 0 Å². The number of benzene rings is 1. The second kappa shape index (κ2) is 5.21. The third kappa shape index (κ3) is 2.48. The molecule has 0 saturated carbocycles. The summed E-state index contributed by atoms with van der Waals surface area (Å²) >= 11 is 0. The van der Waals surface area contributed by atoms with E-state index >= 15 is 0 Å². The average Bonchev–Trinajstić information content (AvgIpc) is 2.40. The van der Waals surface area contributed by atoms with E-state index in [1.165, 1.54) is 0 Å². The topological polar surface area (TPSA) is 85.0 Å². The number of azide groups is 1. The van der Waals surface area contributed by atoms with Crippen LogP contribution in [0.25, 0.3) is 10.4 Å². The molecule has 86 valence electrons. The van der Waals surface area contributed by atoms with E-state index < -0.39 is 0 Å². The van der Waals surface area contributed by atoms with Crippen LogP contribution in [0.5, 0.6) is 0 Å². The van der Waals surface area contributed by atoms with Crippen LogP contribution in [-0.2, 0) is 4.74 Å². The van der Waals surface area contributed by atoms with Crippen molar-refractivity contribution < 1.29 is 4.74 Å². The molecule has 0 radical (unpaired) electrons. The molecular weight excluding hydrogens is 218 g/mol. The number of nitrogens with zero attached hydrogens (tertiary/aromatic N) is 5. The van der Waals surface area contributed by atoms with Gasteiger partial charge in [-0.1, -0.05) is 11.2 Å². The molecule has 0 N–H and O–H groups in total. The van der Waals surface area contributed by atoms with E-state index in [9.17, 15) is 0 Å². The van der Waals surface area contributed by atoms with Gasteiger partial charge in [0.15, 0.2) is 0 Å². The van der Waals surface area contributed by atoms with Crippen molar-refractivity contribution in [2.24, 2.45) is 5.11 Å². The van der Waals surface area contributed by atoms with E-state index in [0.29, 0.717) is 24.5 Å². The van der Waals surface area contributed by atoms with Crippen molar-refractivity contribution in [2.45, 2.75) is 0 Å². The van der Waals surface area contributed by atoms with Crippen molar-refractivity contribution >= 4 is 11.4 Å². The molecule has 1 aliphatic rings. The van der Waals surface area contributed by atoms with Crippen molar-refractivity contribution in [3.05, 3.63) is 34.2 Å². The number of ether oxygens (including phenoxy) is 1. The SMILES string of the molecule is N#Cc1cc(N=[N+]=[N-])ccc1N1CCOCC1. The third-order valence-electron chi connectivity index (χ3n) is 2.61. The van der Waals surface area contributed by atoms with Crippen LogP contribution in [0, 0.1) is 11.3 Å². The van der Waals surface area contributed by atoms with Crippen LogP contribution in [0.2, 0.25) is 0 Å². The van der Waals surface area contributed by atoms with Crippen LogP contribution in [-0.4, -0.2) is 26.3 Å². The molecule has 6 heteroatoms. The summed E-state index contributed by atoms with van der Waals surface area (Å²) in [7, 11) is 0. The first-order valence-corrected chi connectivity index (χ1v) is 5.27. The normalized spacial score (nSPS) is 14.9. The molecule has 0 unspecified atom stereocenters. The molecule has 1 aliphatic heterocycles. The molecule has 1 aromatic rings. The highest BCUT2D eigenvalue weighted by Crippen LogP contribution is 2.25. The lowest BCUT2D eigenvalue weighted by Gasteiger charge is -2.29. The molecule has 1 heterocycles. The van der Waals surface area contributed by atoms with Crippen LogP contribution in [0.3, 0.4) is 0 Å². The summed E-state index contributed by atoms with van der Waals surface area (Å²) < 4.78 is 5.27. The maximum Gasteiger partial charge on any atom is 0.101 e. The van der Waals surface area contributed by atoms with Gasteiger partial charge in [-0.15, -0.1) is 0 Å². The van der Waals surface area contributed by atoms with Gasteiger partial charge in [-0.3, -0.25) is 0 Å². The number of morpholine rings is 1. The van der Waals surface area contributed by atoms with Gasteiger partial charge in [0.2, 0.25) is 0 Å². The van der Waals surface area contributed by atoms with E-state index in [4.69, 9.17) is 15.5 Å². The van der Waals surface area contributed by atoms with Crippen molar-refractivity contribution in [1.29, 1.82) is 5.26 Å². The first kappa shape index (κ1) is 11.3. The lowest BCUT2D eigenvalue weighted by Crippen LogP contribution is -2.36. The molecule has 6 nitrogen and oxygen atoms in total. The van der Waals surface area contributed by atoms with Gasteiger partial charge in [-0.2, -0.15) is 5.26 Å². The van der Waals surface area contributed by atoms with E-state index in [1.54, 1.807) is 12.1 Å². The standard InChI is InChI=1S/C11H11N5O/c12-8-9-7-10(14-15-13)1-2-11(9)16-3-5-17-6-4-16/h1-2,7H,3-6H2. The zero-order valence-corrected chi connectivity index (χ0v) is 9.20. The zero-order chi connectivity index (χ0) is 12.1. The summed E-state index contributed by atoms with van der Waals surface area (Å²) in [5.41, 5.74) is 10.2.